The van der Waals surface area contributed by atoms with Crippen LogP contribution in [0.3, 0.4) is 0 Å². The molecular weight excluding hydrogens is 337 g/mol. The smallest absolute Gasteiger partial charge is 0.287 e. The molecule has 6 heteroatoms. The normalized spacial score (nSPS) is 13.3. The van der Waals surface area contributed by atoms with Crippen LogP contribution in [0.2, 0.25) is 0 Å². The van der Waals surface area contributed by atoms with Gasteiger partial charge >= 0.3 is 0 Å². The number of halogens is 1. The van der Waals surface area contributed by atoms with E-state index in [1.165, 1.54) is 13.2 Å². The van der Waals surface area contributed by atoms with E-state index < -0.39 is 17.3 Å². The first-order valence-corrected chi connectivity index (χ1v) is 8.06. The third kappa shape index (κ3) is 3.36. The van der Waals surface area contributed by atoms with Gasteiger partial charge in [-0.1, -0.05) is 30.3 Å². The summed E-state index contributed by atoms with van der Waals surface area (Å²) < 4.78 is 25.0. The lowest BCUT2D eigenvalue weighted by atomic mass is 9.95. The van der Waals surface area contributed by atoms with Gasteiger partial charge < -0.3 is 14.5 Å². The standard InChI is InChI=1S/C20H18FNO4/c1-20(25-2,14-8-4-5-9-15(14)21)12-22-19(24)18-11-16(23)13-7-3-6-10-17(13)26-18/h3-11H,12H2,1-2H3,(H,22,24)/t20-/m1/s1. The predicted octanol–water partition coefficient (Wildman–Crippen LogP) is 3.22. The number of rotatable bonds is 5. The number of ether oxygens (including phenoxy) is 1. The first kappa shape index (κ1) is 17.8. The number of carbonyl (C=O) groups excluding carboxylic acids is 1. The van der Waals surface area contributed by atoms with Crippen molar-refractivity contribution < 1.29 is 18.3 Å². The van der Waals surface area contributed by atoms with Crippen molar-refractivity contribution in [3.8, 4) is 0 Å². The molecule has 1 aromatic heterocycles. The lowest BCUT2D eigenvalue weighted by Gasteiger charge is -2.29. The van der Waals surface area contributed by atoms with Crippen molar-refractivity contribution in [1.82, 2.24) is 5.32 Å². The van der Waals surface area contributed by atoms with Gasteiger partial charge in [0.2, 0.25) is 0 Å². The highest BCUT2D eigenvalue weighted by Gasteiger charge is 2.30. The van der Waals surface area contributed by atoms with Gasteiger partial charge in [-0.3, -0.25) is 9.59 Å². The molecule has 0 aliphatic heterocycles. The van der Waals surface area contributed by atoms with Crippen LogP contribution in [-0.4, -0.2) is 19.6 Å². The van der Waals surface area contributed by atoms with Crippen LogP contribution in [0, 0.1) is 5.82 Å². The molecule has 1 heterocycles. The number of fused-ring (bicyclic) bond motifs is 1. The minimum Gasteiger partial charge on any atom is -0.451 e. The Bertz CT molecular complexity index is 1010. The van der Waals surface area contributed by atoms with Crippen LogP contribution in [0.4, 0.5) is 4.39 Å². The Morgan fingerprint density at radius 3 is 2.62 bits per heavy atom. The average molecular weight is 355 g/mol. The number of methoxy groups -OCH3 is 1. The fourth-order valence-electron chi connectivity index (χ4n) is 2.72. The van der Waals surface area contributed by atoms with E-state index in [0.717, 1.165) is 6.07 Å². The summed E-state index contributed by atoms with van der Waals surface area (Å²) in [6.07, 6.45) is 0. The number of nitrogens with one attached hydrogen (secondary N) is 1. The zero-order valence-electron chi connectivity index (χ0n) is 14.4. The van der Waals surface area contributed by atoms with Gasteiger partial charge in [0.25, 0.3) is 5.91 Å². The summed E-state index contributed by atoms with van der Waals surface area (Å²) in [6.45, 7) is 1.67. The Balaban J connectivity index is 1.84. The molecule has 5 nitrogen and oxygen atoms in total. The van der Waals surface area contributed by atoms with Gasteiger partial charge in [-0.15, -0.1) is 0 Å². The van der Waals surface area contributed by atoms with E-state index in [1.807, 2.05) is 0 Å². The molecule has 0 saturated carbocycles. The van der Waals surface area contributed by atoms with Crippen molar-refractivity contribution in [2.45, 2.75) is 12.5 Å². The van der Waals surface area contributed by atoms with E-state index in [4.69, 9.17) is 9.15 Å². The number of hydrogen-bond acceptors (Lipinski definition) is 4. The van der Waals surface area contributed by atoms with Crippen LogP contribution < -0.4 is 10.7 Å². The Morgan fingerprint density at radius 1 is 1.19 bits per heavy atom. The van der Waals surface area contributed by atoms with Crippen molar-refractivity contribution in [2.24, 2.45) is 0 Å². The second-order valence-electron chi connectivity index (χ2n) is 6.07. The highest BCUT2D eigenvalue weighted by atomic mass is 19.1. The minimum absolute atomic E-state index is 0.000194. The molecular formula is C20H18FNO4. The molecule has 3 rings (SSSR count). The first-order valence-electron chi connectivity index (χ1n) is 8.06. The maximum atomic E-state index is 14.1. The molecule has 26 heavy (non-hydrogen) atoms. The fraction of sp³-hybridized carbons (Fsp3) is 0.200. The molecule has 0 fully saturated rings. The van der Waals surface area contributed by atoms with Gasteiger partial charge in [-0.25, -0.2) is 4.39 Å². The predicted molar refractivity (Wildman–Crippen MR) is 95.6 cm³/mol. The zero-order valence-corrected chi connectivity index (χ0v) is 14.4. The van der Waals surface area contributed by atoms with Gasteiger partial charge in [0.05, 0.1) is 11.9 Å². The van der Waals surface area contributed by atoms with Crippen molar-refractivity contribution >= 4 is 16.9 Å². The number of benzene rings is 2. The van der Waals surface area contributed by atoms with Crippen LogP contribution in [0.1, 0.15) is 23.0 Å². The average Bonchev–Trinajstić information content (AvgIpc) is 2.66. The number of carbonyl (C=O) groups is 1. The van der Waals surface area contributed by atoms with Crippen LogP contribution in [0.25, 0.3) is 11.0 Å². The second-order valence-corrected chi connectivity index (χ2v) is 6.07. The summed E-state index contributed by atoms with van der Waals surface area (Å²) in [5.74, 6) is -1.11. The fourth-order valence-corrected chi connectivity index (χ4v) is 2.72. The maximum Gasteiger partial charge on any atom is 0.287 e. The third-order valence-corrected chi connectivity index (χ3v) is 4.34. The number of amides is 1. The van der Waals surface area contributed by atoms with Gasteiger partial charge in [-0.05, 0) is 25.1 Å². The molecule has 1 amide bonds. The van der Waals surface area contributed by atoms with Gasteiger partial charge in [0, 0.05) is 18.7 Å². The van der Waals surface area contributed by atoms with Crippen LogP contribution in [0.5, 0.6) is 0 Å². The Kier molecular flexibility index (Phi) is 4.86. The molecule has 0 saturated heterocycles. The van der Waals surface area contributed by atoms with Crippen molar-refractivity contribution in [1.29, 1.82) is 0 Å². The van der Waals surface area contributed by atoms with Crippen molar-refractivity contribution in [2.75, 3.05) is 13.7 Å². The van der Waals surface area contributed by atoms with Crippen molar-refractivity contribution in [3.63, 3.8) is 0 Å². The summed E-state index contributed by atoms with van der Waals surface area (Å²) in [7, 11) is 1.44. The quantitative estimate of drug-likeness (QED) is 0.763. The third-order valence-electron chi connectivity index (χ3n) is 4.34. The molecule has 134 valence electrons. The summed E-state index contributed by atoms with van der Waals surface area (Å²) in [4.78, 5) is 24.5. The molecule has 0 aliphatic carbocycles. The Morgan fingerprint density at radius 2 is 1.88 bits per heavy atom. The summed E-state index contributed by atoms with van der Waals surface area (Å²) in [6, 6.07) is 14.0. The Hall–Kier alpha value is -2.99. The Labute approximate surface area is 149 Å². The summed E-state index contributed by atoms with van der Waals surface area (Å²) in [5, 5.41) is 3.04. The van der Waals surface area contributed by atoms with E-state index in [9.17, 15) is 14.0 Å². The molecule has 0 spiro atoms. The topological polar surface area (TPSA) is 68.5 Å². The SMILES string of the molecule is CO[C@](C)(CNC(=O)c1cc(=O)c2ccccc2o1)c1ccccc1F. The largest absolute Gasteiger partial charge is 0.451 e. The first-order chi connectivity index (χ1) is 12.4. The maximum absolute atomic E-state index is 14.1. The van der Waals surface area contributed by atoms with E-state index in [1.54, 1.807) is 49.4 Å². The minimum atomic E-state index is -1.07. The molecule has 1 N–H and O–H groups in total. The number of para-hydroxylation sites is 1. The highest BCUT2D eigenvalue weighted by molar-refractivity contribution is 5.93. The van der Waals surface area contributed by atoms with Crippen LogP contribution in [-0.2, 0) is 10.3 Å². The molecule has 0 bridgehead atoms. The van der Waals surface area contributed by atoms with Gasteiger partial charge in [0.1, 0.15) is 17.0 Å². The highest BCUT2D eigenvalue weighted by Crippen LogP contribution is 2.26. The van der Waals surface area contributed by atoms with E-state index >= 15 is 0 Å². The van der Waals surface area contributed by atoms with Crippen molar-refractivity contribution in [3.05, 3.63) is 82.0 Å². The molecule has 0 unspecified atom stereocenters. The molecule has 0 radical (unpaired) electrons. The molecule has 1 atom stereocenters. The molecule has 2 aromatic carbocycles. The lowest BCUT2D eigenvalue weighted by Crippen LogP contribution is -2.40. The lowest BCUT2D eigenvalue weighted by molar-refractivity contribution is 0.000189. The van der Waals surface area contributed by atoms with E-state index in [-0.39, 0.29) is 17.7 Å². The second kappa shape index (κ2) is 7.09. The summed E-state index contributed by atoms with van der Waals surface area (Å²) >= 11 is 0. The van der Waals surface area contributed by atoms with Gasteiger partial charge in [0.15, 0.2) is 11.2 Å². The van der Waals surface area contributed by atoms with Crippen LogP contribution >= 0.6 is 0 Å². The summed E-state index contributed by atoms with van der Waals surface area (Å²) in [5.41, 5.74) is -0.727. The van der Waals surface area contributed by atoms with E-state index in [0.29, 0.717) is 16.5 Å². The number of hydrogen-bond donors (Lipinski definition) is 1. The van der Waals surface area contributed by atoms with E-state index in [2.05, 4.69) is 5.32 Å². The molecule has 0 aliphatic rings. The van der Waals surface area contributed by atoms with Gasteiger partial charge in [-0.2, -0.15) is 0 Å². The zero-order chi connectivity index (χ0) is 18.7. The molecule has 3 aromatic rings. The van der Waals surface area contributed by atoms with Crippen LogP contribution in [0.15, 0.2) is 63.8 Å². The monoisotopic (exact) mass is 355 g/mol.